The zero-order chi connectivity index (χ0) is 12.8. The fourth-order valence-corrected chi connectivity index (χ4v) is 2.45. The number of hydrogen-bond acceptors (Lipinski definition) is 0. The number of benzene rings is 2. The molecule has 0 spiro atoms. The van der Waals surface area contributed by atoms with Gasteiger partial charge in [0.25, 0.3) is 0 Å². The highest BCUT2D eigenvalue weighted by Crippen LogP contribution is 2.14. The molecule has 0 saturated carbocycles. The maximum absolute atomic E-state index is 3.48. The van der Waals surface area contributed by atoms with E-state index in [0.717, 1.165) is 10.7 Å². The first-order valence-electron chi connectivity index (χ1n) is 5.80. The Bertz CT molecular complexity index is 495. The summed E-state index contributed by atoms with van der Waals surface area (Å²) in [5, 5.41) is 1.79. The molecule has 0 fully saturated rings. The van der Waals surface area contributed by atoms with Gasteiger partial charge in [-0.3, -0.25) is 0 Å². The van der Waals surface area contributed by atoms with E-state index in [1.54, 1.807) is 0 Å². The monoisotopic (exact) mass is 364 g/mol. The van der Waals surface area contributed by atoms with Crippen molar-refractivity contribution in [1.82, 2.24) is 0 Å². The van der Waals surface area contributed by atoms with Gasteiger partial charge in [-0.15, -0.1) is 0 Å². The van der Waals surface area contributed by atoms with Crippen molar-refractivity contribution < 1.29 is 0 Å². The largest absolute Gasteiger partial charge is 0.0876 e. The zero-order valence-electron chi connectivity index (χ0n) is 9.94. The lowest BCUT2D eigenvalue weighted by molar-refractivity contribution is 1.42. The molecule has 0 nitrogen and oxygen atoms in total. The van der Waals surface area contributed by atoms with E-state index in [2.05, 4.69) is 92.5 Å². The lowest BCUT2D eigenvalue weighted by Gasteiger charge is -1.99. The van der Waals surface area contributed by atoms with Crippen molar-refractivity contribution >= 4 is 44.0 Å². The van der Waals surface area contributed by atoms with E-state index in [9.17, 15) is 0 Å². The Morgan fingerprint density at radius 1 is 0.722 bits per heavy atom. The Balaban J connectivity index is 2.18. The van der Waals surface area contributed by atoms with Gasteiger partial charge in [0.15, 0.2) is 0 Å². The summed E-state index contributed by atoms with van der Waals surface area (Å²) < 4.78 is 0. The fraction of sp³-hybridized carbons (Fsp3) is 0.125. The van der Waals surface area contributed by atoms with Gasteiger partial charge < -0.3 is 0 Å². The average Bonchev–Trinajstić information content (AvgIpc) is 2.45. The van der Waals surface area contributed by atoms with E-state index < -0.39 is 0 Å². The molecule has 0 radical (unpaired) electrons. The Hall–Kier alpha value is -0.860. The number of halogens is 2. The summed E-state index contributed by atoms with van der Waals surface area (Å²) in [6.45, 7) is 0. The van der Waals surface area contributed by atoms with Gasteiger partial charge in [0, 0.05) is 10.7 Å². The first-order valence-corrected chi connectivity index (χ1v) is 8.04. The van der Waals surface area contributed by atoms with Crippen LogP contribution in [0.15, 0.2) is 48.5 Å². The number of rotatable bonds is 4. The van der Waals surface area contributed by atoms with Gasteiger partial charge in [0.1, 0.15) is 0 Å². The Labute approximate surface area is 125 Å². The molecule has 0 aliphatic heterocycles. The first kappa shape index (κ1) is 13.6. The molecule has 0 bridgehead atoms. The van der Waals surface area contributed by atoms with E-state index in [1.807, 2.05) is 0 Å². The molecule has 0 saturated heterocycles. The highest BCUT2D eigenvalue weighted by molar-refractivity contribution is 9.08. The molecule has 0 unspecified atom stereocenters. The van der Waals surface area contributed by atoms with Gasteiger partial charge in [0.05, 0.1) is 0 Å². The van der Waals surface area contributed by atoms with Crippen molar-refractivity contribution in [3.63, 3.8) is 0 Å². The van der Waals surface area contributed by atoms with Crippen molar-refractivity contribution in [3.05, 3.63) is 70.8 Å². The van der Waals surface area contributed by atoms with Gasteiger partial charge in [-0.25, -0.2) is 0 Å². The van der Waals surface area contributed by atoms with Crippen LogP contribution in [0.1, 0.15) is 22.3 Å². The third-order valence-electron chi connectivity index (χ3n) is 2.68. The predicted molar refractivity (Wildman–Crippen MR) is 87.1 cm³/mol. The molecule has 2 aromatic carbocycles. The molecule has 0 aliphatic rings. The van der Waals surface area contributed by atoms with Crippen molar-refractivity contribution in [2.75, 3.05) is 0 Å². The lowest BCUT2D eigenvalue weighted by Crippen LogP contribution is -1.80. The molecule has 92 valence electrons. The molecule has 0 atom stereocenters. The summed E-state index contributed by atoms with van der Waals surface area (Å²) in [6, 6.07) is 17.1. The Kier molecular flexibility index (Phi) is 5.21. The minimum absolute atomic E-state index is 0.897. The highest BCUT2D eigenvalue weighted by atomic mass is 79.9. The van der Waals surface area contributed by atoms with E-state index in [4.69, 9.17) is 0 Å². The molecule has 18 heavy (non-hydrogen) atoms. The predicted octanol–water partition coefficient (Wildman–Crippen LogP) is 5.65. The van der Waals surface area contributed by atoms with Crippen LogP contribution < -0.4 is 0 Å². The second-order valence-electron chi connectivity index (χ2n) is 4.09. The SMILES string of the molecule is BrCc1cccc(/C=C\c2cccc(CBr)c2)c1. The molecule has 2 aromatic rings. The third kappa shape index (κ3) is 3.82. The quantitative estimate of drug-likeness (QED) is 0.485. The van der Waals surface area contributed by atoms with Crippen molar-refractivity contribution in [2.24, 2.45) is 0 Å². The van der Waals surface area contributed by atoms with Crippen molar-refractivity contribution in [2.45, 2.75) is 10.7 Å². The molecular weight excluding hydrogens is 352 g/mol. The van der Waals surface area contributed by atoms with Crippen LogP contribution in [-0.4, -0.2) is 0 Å². The number of alkyl halides is 2. The lowest BCUT2D eigenvalue weighted by atomic mass is 10.1. The smallest absolute Gasteiger partial charge is 0.0283 e. The molecule has 0 amide bonds. The van der Waals surface area contributed by atoms with Crippen LogP contribution in [-0.2, 0) is 10.7 Å². The van der Waals surface area contributed by atoms with Gasteiger partial charge in [-0.2, -0.15) is 0 Å². The zero-order valence-corrected chi connectivity index (χ0v) is 13.1. The van der Waals surface area contributed by atoms with Crippen LogP contribution in [0, 0.1) is 0 Å². The highest BCUT2D eigenvalue weighted by Gasteiger charge is 1.93. The fourth-order valence-electron chi connectivity index (χ4n) is 1.75. The van der Waals surface area contributed by atoms with E-state index in [0.29, 0.717) is 0 Å². The summed E-state index contributed by atoms with van der Waals surface area (Å²) in [7, 11) is 0. The number of hydrogen-bond donors (Lipinski definition) is 0. The van der Waals surface area contributed by atoms with Crippen LogP contribution in [0.25, 0.3) is 12.2 Å². The van der Waals surface area contributed by atoms with E-state index in [1.165, 1.54) is 22.3 Å². The molecular formula is C16H14Br2. The van der Waals surface area contributed by atoms with Gasteiger partial charge >= 0.3 is 0 Å². The van der Waals surface area contributed by atoms with Crippen LogP contribution in [0.4, 0.5) is 0 Å². The van der Waals surface area contributed by atoms with Gasteiger partial charge in [0.2, 0.25) is 0 Å². The Morgan fingerprint density at radius 3 is 1.56 bits per heavy atom. The molecule has 0 aromatic heterocycles. The van der Waals surface area contributed by atoms with Crippen LogP contribution in [0.2, 0.25) is 0 Å². The second kappa shape index (κ2) is 6.91. The summed E-state index contributed by atoms with van der Waals surface area (Å²) >= 11 is 6.95. The van der Waals surface area contributed by atoms with Crippen LogP contribution in [0.3, 0.4) is 0 Å². The standard InChI is InChI=1S/C16H14Br2/c17-11-15-5-1-3-13(9-15)7-8-14-4-2-6-16(10-14)12-18/h1-10H,11-12H2/b8-7-. The van der Waals surface area contributed by atoms with Gasteiger partial charge in [-0.1, -0.05) is 92.5 Å². The summed E-state index contributed by atoms with van der Waals surface area (Å²) in [4.78, 5) is 0. The Morgan fingerprint density at radius 2 is 1.17 bits per heavy atom. The minimum Gasteiger partial charge on any atom is -0.0876 e. The van der Waals surface area contributed by atoms with Crippen LogP contribution in [0.5, 0.6) is 0 Å². The summed E-state index contributed by atoms with van der Waals surface area (Å²) in [5.74, 6) is 0. The molecule has 0 aliphatic carbocycles. The van der Waals surface area contributed by atoms with E-state index >= 15 is 0 Å². The summed E-state index contributed by atoms with van der Waals surface area (Å²) in [6.07, 6.45) is 4.30. The molecule has 0 N–H and O–H groups in total. The van der Waals surface area contributed by atoms with Crippen molar-refractivity contribution in [3.8, 4) is 0 Å². The van der Waals surface area contributed by atoms with Crippen LogP contribution >= 0.6 is 31.9 Å². The molecule has 2 rings (SSSR count). The molecule has 2 heteroatoms. The normalized spacial score (nSPS) is 11.0. The molecule has 0 heterocycles. The topological polar surface area (TPSA) is 0 Å². The van der Waals surface area contributed by atoms with Gasteiger partial charge in [-0.05, 0) is 22.3 Å². The minimum atomic E-state index is 0.897. The maximum Gasteiger partial charge on any atom is 0.0283 e. The maximum atomic E-state index is 3.48. The third-order valence-corrected chi connectivity index (χ3v) is 3.97. The van der Waals surface area contributed by atoms with Crippen molar-refractivity contribution in [1.29, 1.82) is 0 Å². The first-order chi connectivity index (χ1) is 8.81. The second-order valence-corrected chi connectivity index (χ2v) is 5.21. The summed E-state index contributed by atoms with van der Waals surface area (Å²) in [5.41, 5.74) is 5.06. The average molecular weight is 366 g/mol. The van der Waals surface area contributed by atoms with E-state index in [-0.39, 0.29) is 0 Å².